The Kier molecular flexibility index (Phi) is 9.46. The number of halogens is 5. The van der Waals surface area contributed by atoms with Crippen molar-refractivity contribution < 1.29 is 32.7 Å². The van der Waals surface area contributed by atoms with Crippen LogP contribution >= 0.6 is 23.2 Å². The van der Waals surface area contributed by atoms with Gasteiger partial charge in [0.25, 0.3) is 5.91 Å². The second kappa shape index (κ2) is 12.0. The Morgan fingerprint density at radius 2 is 1.79 bits per heavy atom. The predicted octanol–water partition coefficient (Wildman–Crippen LogP) is 6.04. The number of amides is 1. The van der Waals surface area contributed by atoms with Crippen LogP contribution in [0.1, 0.15) is 78.9 Å². The zero-order valence-corrected chi connectivity index (χ0v) is 22.6. The topological polar surface area (TPSA) is 105 Å². The summed E-state index contributed by atoms with van der Waals surface area (Å²) in [6, 6.07) is -0.723. The minimum absolute atomic E-state index is 0.0196. The SMILES string of the molecule is CC(C)CCN(CC(=O)c1c(Cl)cncc1Cl)C(=O)c1cnn([C@H]2CC[C@H](C(=O)O)[C@H](C)C2)c1C(F)(F)F. The van der Waals surface area contributed by atoms with Gasteiger partial charge in [0.1, 0.15) is 0 Å². The Balaban J connectivity index is 1.96. The third-order valence-electron chi connectivity index (χ3n) is 6.83. The highest BCUT2D eigenvalue weighted by molar-refractivity contribution is 6.39. The first kappa shape index (κ1) is 29.9. The van der Waals surface area contributed by atoms with Crippen LogP contribution in [0.5, 0.6) is 0 Å². The van der Waals surface area contributed by atoms with E-state index in [9.17, 15) is 32.7 Å². The van der Waals surface area contributed by atoms with Gasteiger partial charge in [0.05, 0.1) is 45.9 Å². The molecule has 3 atom stereocenters. The fraction of sp³-hybridized carbons (Fsp3) is 0.560. The number of carboxylic acid groups (broad SMARTS) is 1. The van der Waals surface area contributed by atoms with Gasteiger partial charge < -0.3 is 10.0 Å². The van der Waals surface area contributed by atoms with Gasteiger partial charge in [-0.15, -0.1) is 0 Å². The standard InChI is InChI=1S/C25H29Cl2F3N4O4/c1-13(2)6-7-33(12-20(35)21-18(26)10-31-11-19(21)27)23(36)17-9-32-34(22(17)25(28,29)30)15-4-5-16(24(37)38)14(3)8-15/h9-11,13-16H,4-8,12H2,1-3H3,(H,37,38)/t14-,15+,16+/m1/s1. The molecule has 8 nitrogen and oxygen atoms in total. The molecule has 1 fully saturated rings. The molecule has 38 heavy (non-hydrogen) atoms. The molecular formula is C25H29Cl2F3N4O4. The number of Topliss-reactive ketones (excluding diaryl/α,β-unsaturated/α-hetero) is 1. The first-order chi connectivity index (χ1) is 17.7. The van der Waals surface area contributed by atoms with Gasteiger partial charge in [0.15, 0.2) is 11.5 Å². The largest absolute Gasteiger partial charge is 0.481 e. The van der Waals surface area contributed by atoms with Crippen LogP contribution < -0.4 is 0 Å². The molecule has 208 valence electrons. The van der Waals surface area contributed by atoms with Crippen LogP contribution in [0.3, 0.4) is 0 Å². The lowest BCUT2D eigenvalue weighted by atomic mass is 9.78. The molecule has 1 amide bonds. The number of rotatable bonds is 9. The molecule has 0 spiro atoms. The van der Waals surface area contributed by atoms with Crippen molar-refractivity contribution in [2.75, 3.05) is 13.1 Å². The van der Waals surface area contributed by atoms with E-state index in [4.69, 9.17) is 23.2 Å². The van der Waals surface area contributed by atoms with Gasteiger partial charge in [-0.2, -0.15) is 18.3 Å². The van der Waals surface area contributed by atoms with Gasteiger partial charge in [-0.1, -0.05) is 44.0 Å². The first-order valence-electron chi connectivity index (χ1n) is 12.2. The molecule has 13 heteroatoms. The highest BCUT2D eigenvalue weighted by Crippen LogP contribution is 2.41. The Morgan fingerprint density at radius 1 is 1.16 bits per heavy atom. The van der Waals surface area contributed by atoms with E-state index in [1.165, 1.54) is 12.4 Å². The zero-order chi connectivity index (χ0) is 28.4. The Bertz CT molecular complexity index is 1180. The lowest BCUT2D eigenvalue weighted by Crippen LogP contribution is -2.38. The van der Waals surface area contributed by atoms with Gasteiger partial charge in [0.2, 0.25) is 0 Å². The number of carboxylic acids is 1. The average molecular weight is 577 g/mol. The normalized spacial score (nSPS) is 20.0. The summed E-state index contributed by atoms with van der Waals surface area (Å²) in [4.78, 5) is 42.9. The number of nitrogens with zero attached hydrogens (tertiary/aromatic N) is 4. The summed E-state index contributed by atoms with van der Waals surface area (Å²) in [5.41, 5.74) is -1.95. The van der Waals surface area contributed by atoms with Gasteiger partial charge in [-0.05, 0) is 37.5 Å². The summed E-state index contributed by atoms with van der Waals surface area (Å²) in [6.07, 6.45) is -0.636. The minimum Gasteiger partial charge on any atom is -0.481 e. The van der Waals surface area contributed by atoms with Crippen molar-refractivity contribution in [1.29, 1.82) is 0 Å². The highest BCUT2D eigenvalue weighted by Gasteiger charge is 2.44. The van der Waals surface area contributed by atoms with Crippen LogP contribution in [0.2, 0.25) is 10.0 Å². The predicted molar refractivity (Wildman–Crippen MR) is 134 cm³/mol. The molecule has 0 unspecified atom stereocenters. The van der Waals surface area contributed by atoms with E-state index in [0.29, 0.717) is 6.42 Å². The first-order valence-corrected chi connectivity index (χ1v) is 13.0. The fourth-order valence-electron chi connectivity index (χ4n) is 4.80. The van der Waals surface area contributed by atoms with Crippen LogP contribution in [0, 0.1) is 17.8 Å². The lowest BCUT2D eigenvalue weighted by Gasteiger charge is -2.33. The Hall–Kier alpha value is -2.66. The summed E-state index contributed by atoms with van der Waals surface area (Å²) >= 11 is 12.2. The third-order valence-corrected chi connectivity index (χ3v) is 7.40. The maximum absolute atomic E-state index is 14.3. The molecule has 0 aliphatic heterocycles. The van der Waals surface area contributed by atoms with Crippen molar-refractivity contribution in [3.63, 3.8) is 0 Å². The second-order valence-corrected chi connectivity index (χ2v) is 10.9. The van der Waals surface area contributed by atoms with E-state index in [2.05, 4.69) is 10.1 Å². The number of ketones is 1. The highest BCUT2D eigenvalue weighted by atomic mass is 35.5. The summed E-state index contributed by atoms with van der Waals surface area (Å²) in [7, 11) is 0. The van der Waals surface area contributed by atoms with Gasteiger partial charge >= 0.3 is 12.1 Å². The molecule has 3 rings (SSSR count). The number of carbonyl (C=O) groups excluding carboxylic acids is 2. The van der Waals surface area contributed by atoms with E-state index in [0.717, 1.165) is 15.8 Å². The molecule has 1 aliphatic carbocycles. The summed E-state index contributed by atoms with van der Waals surface area (Å²) in [5.74, 6) is -3.54. The van der Waals surface area contributed by atoms with Crippen molar-refractivity contribution in [2.24, 2.45) is 17.8 Å². The molecule has 0 bridgehead atoms. The zero-order valence-electron chi connectivity index (χ0n) is 21.1. The monoisotopic (exact) mass is 576 g/mol. The maximum atomic E-state index is 14.3. The molecule has 0 saturated heterocycles. The molecule has 2 aromatic heterocycles. The van der Waals surface area contributed by atoms with Crippen molar-refractivity contribution in [2.45, 2.75) is 58.7 Å². The molecule has 0 radical (unpaired) electrons. The van der Waals surface area contributed by atoms with Gasteiger partial charge in [-0.25, -0.2) is 0 Å². The molecule has 2 heterocycles. The lowest BCUT2D eigenvalue weighted by molar-refractivity contribution is -0.149. The van der Waals surface area contributed by atoms with Gasteiger partial charge in [0, 0.05) is 18.9 Å². The minimum atomic E-state index is -4.92. The van der Waals surface area contributed by atoms with Crippen LogP contribution in [-0.2, 0) is 11.0 Å². The smallest absolute Gasteiger partial charge is 0.433 e. The molecule has 0 aromatic carbocycles. The quantitative estimate of drug-likeness (QED) is 0.365. The van der Waals surface area contributed by atoms with E-state index in [1.54, 1.807) is 6.92 Å². The number of alkyl halides is 3. The van der Waals surface area contributed by atoms with Crippen LogP contribution in [-0.4, -0.2) is 55.5 Å². The molecule has 1 N–H and O–H groups in total. The molecule has 2 aromatic rings. The molecule has 1 aliphatic rings. The van der Waals surface area contributed by atoms with E-state index < -0.39 is 53.6 Å². The van der Waals surface area contributed by atoms with Crippen molar-refractivity contribution in [3.8, 4) is 0 Å². The molecular weight excluding hydrogens is 548 g/mol. The average Bonchev–Trinajstić information content (AvgIpc) is 3.26. The number of hydrogen-bond acceptors (Lipinski definition) is 5. The third kappa shape index (κ3) is 6.66. The number of pyridine rings is 1. The summed E-state index contributed by atoms with van der Waals surface area (Å²) < 4.78 is 43.8. The maximum Gasteiger partial charge on any atom is 0.433 e. The Labute approximate surface area is 228 Å². The number of aliphatic carboxylic acids is 1. The number of aromatic nitrogens is 3. The van der Waals surface area contributed by atoms with Gasteiger partial charge in [-0.3, -0.25) is 24.0 Å². The summed E-state index contributed by atoms with van der Waals surface area (Å²) in [5, 5.41) is 13.2. The summed E-state index contributed by atoms with van der Waals surface area (Å²) in [6.45, 7) is 4.93. The van der Waals surface area contributed by atoms with Crippen LogP contribution in [0.25, 0.3) is 0 Å². The number of carbonyl (C=O) groups is 3. The van der Waals surface area contributed by atoms with E-state index in [1.807, 2.05) is 13.8 Å². The van der Waals surface area contributed by atoms with Crippen LogP contribution in [0.15, 0.2) is 18.6 Å². The van der Waals surface area contributed by atoms with Crippen molar-refractivity contribution >= 4 is 40.9 Å². The Morgan fingerprint density at radius 3 is 2.32 bits per heavy atom. The van der Waals surface area contributed by atoms with Crippen molar-refractivity contribution in [1.82, 2.24) is 19.7 Å². The molecule has 1 saturated carbocycles. The van der Waals surface area contributed by atoms with E-state index >= 15 is 0 Å². The second-order valence-electron chi connectivity index (χ2n) is 10.0. The van der Waals surface area contributed by atoms with E-state index in [-0.39, 0.29) is 53.3 Å². The van der Waals surface area contributed by atoms with Crippen LogP contribution in [0.4, 0.5) is 13.2 Å². The van der Waals surface area contributed by atoms with Crippen molar-refractivity contribution in [3.05, 3.63) is 45.5 Å². The number of hydrogen-bond donors (Lipinski definition) is 1. The fourth-order valence-corrected chi connectivity index (χ4v) is 5.38.